The van der Waals surface area contributed by atoms with E-state index in [2.05, 4.69) is 4.74 Å². The minimum absolute atomic E-state index is 0.149. The molecule has 0 aliphatic heterocycles. The molecule has 6 nitrogen and oxygen atoms in total. The highest BCUT2D eigenvalue weighted by atomic mass is 16.5. The molecule has 0 unspecified atom stereocenters. The van der Waals surface area contributed by atoms with Gasteiger partial charge in [0, 0.05) is 0 Å². The molecule has 0 heterocycles. The molecule has 0 aliphatic rings. The van der Waals surface area contributed by atoms with Gasteiger partial charge >= 0.3 is 5.97 Å². The number of methoxy groups -OCH3 is 3. The van der Waals surface area contributed by atoms with Crippen molar-refractivity contribution in [1.29, 1.82) is 0 Å². The first-order valence-electron chi connectivity index (χ1n) is 5.73. The van der Waals surface area contributed by atoms with Crippen LogP contribution >= 0.6 is 0 Å². The molecule has 0 amide bonds. The lowest BCUT2D eigenvalue weighted by atomic mass is 10.0. The van der Waals surface area contributed by atoms with Crippen LogP contribution in [-0.4, -0.2) is 37.5 Å². The van der Waals surface area contributed by atoms with Crippen molar-refractivity contribution in [2.45, 2.75) is 0 Å². The van der Waals surface area contributed by atoms with Gasteiger partial charge in [-0.2, -0.15) is 0 Å². The van der Waals surface area contributed by atoms with Crippen molar-refractivity contribution in [3.8, 4) is 23.0 Å². The minimum Gasteiger partial charge on any atom is -0.507 e. The first kappa shape index (κ1) is 13.8. The van der Waals surface area contributed by atoms with Crippen molar-refractivity contribution in [2.75, 3.05) is 21.3 Å². The Morgan fingerprint density at radius 3 is 2.05 bits per heavy atom. The van der Waals surface area contributed by atoms with Gasteiger partial charge in [0.1, 0.15) is 28.6 Å². The number of hydrogen-bond donors (Lipinski definition) is 2. The standard InChI is InChI=1S/C14H14O6/c1-18-9-4-5-10(19-2)12-11(9)8(15)6-7(13(12)16)14(17)20-3/h4-6,15-16H,1-3H3. The number of carbonyl (C=O) groups is 1. The van der Waals surface area contributed by atoms with Crippen LogP contribution in [0, 0.1) is 0 Å². The van der Waals surface area contributed by atoms with E-state index in [1.165, 1.54) is 21.3 Å². The lowest BCUT2D eigenvalue weighted by Gasteiger charge is -2.14. The maximum absolute atomic E-state index is 11.6. The molecule has 2 aromatic rings. The van der Waals surface area contributed by atoms with Gasteiger partial charge in [0.2, 0.25) is 0 Å². The smallest absolute Gasteiger partial charge is 0.341 e. The maximum atomic E-state index is 11.6. The zero-order valence-corrected chi connectivity index (χ0v) is 11.3. The average Bonchev–Trinajstić information content (AvgIpc) is 2.48. The third-order valence-electron chi connectivity index (χ3n) is 3.00. The largest absolute Gasteiger partial charge is 0.507 e. The normalized spacial score (nSPS) is 10.3. The van der Waals surface area contributed by atoms with E-state index in [9.17, 15) is 15.0 Å². The predicted molar refractivity (Wildman–Crippen MR) is 71.7 cm³/mol. The van der Waals surface area contributed by atoms with Crippen LogP contribution in [0.3, 0.4) is 0 Å². The molecule has 2 N–H and O–H groups in total. The van der Waals surface area contributed by atoms with E-state index in [-0.39, 0.29) is 27.8 Å². The molecule has 20 heavy (non-hydrogen) atoms. The number of aromatic hydroxyl groups is 2. The summed E-state index contributed by atoms with van der Waals surface area (Å²) in [6, 6.07) is 4.30. The summed E-state index contributed by atoms with van der Waals surface area (Å²) in [5, 5.41) is 20.8. The molecule has 0 spiro atoms. The van der Waals surface area contributed by atoms with E-state index in [1.54, 1.807) is 12.1 Å². The lowest BCUT2D eigenvalue weighted by molar-refractivity contribution is 0.0597. The van der Waals surface area contributed by atoms with Gasteiger partial charge in [-0.05, 0) is 18.2 Å². The fourth-order valence-electron chi connectivity index (χ4n) is 2.07. The quantitative estimate of drug-likeness (QED) is 0.660. The number of hydrogen-bond acceptors (Lipinski definition) is 6. The van der Waals surface area contributed by atoms with Crippen molar-refractivity contribution in [3.63, 3.8) is 0 Å². The van der Waals surface area contributed by atoms with Crippen LogP contribution in [0.2, 0.25) is 0 Å². The van der Waals surface area contributed by atoms with E-state index < -0.39 is 5.97 Å². The molecule has 0 radical (unpaired) electrons. The molecule has 0 saturated carbocycles. The molecule has 0 saturated heterocycles. The molecule has 2 aromatic carbocycles. The third kappa shape index (κ3) is 1.95. The first-order chi connectivity index (χ1) is 9.54. The fourth-order valence-corrected chi connectivity index (χ4v) is 2.07. The molecule has 106 valence electrons. The molecule has 0 fully saturated rings. The van der Waals surface area contributed by atoms with Crippen LogP contribution in [-0.2, 0) is 4.74 Å². The molecular weight excluding hydrogens is 264 g/mol. The number of phenols is 2. The fraction of sp³-hybridized carbons (Fsp3) is 0.214. The van der Waals surface area contributed by atoms with Gasteiger partial charge in [-0.25, -0.2) is 4.79 Å². The van der Waals surface area contributed by atoms with Crippen LogP contribution in [0.1, 0.15) is 10.4 Å². The Kier molecular flexibility index (Phi) is 3.56. The van der Waals surface area contributed by atoms with Gasteiger partial charge in [-0.1, -0.05) is 0 Å². The summed E-state index contributed by atoms with van der Waals surface area (Å²) < 4.78 is 14.9. The van der Waals surface area contributed by atoms with Gasteiger partial charge in [0.05, 0.1) is 32.1 Å². The zero-order valence-electron chi connectivity index (χ0n) is 11.3. The van der Waals surface area contributed by atoms with Crippen LogP contribution < -0.4 is 9.47 Å². The molecule has 0 aromatic heterocycles. The third-order valence-corrected chi connectivity index (χ3v) is 3.00. The summed E-state index contributed by atoms with van der Waals surface area (Å²) in [5.74, 6) is -0.650. The molecule has 2 rings (SSSR count). The summed E-state index contributed by atoms with van der Waals surface area (Å²) in [6.07, 6.45) is 0. The Morgan fingerprint density at radius 2 is 1.55 bits per heavy atom. The maximum Gasteiger partial charge on any atom is 0.341 e. The second kappa shape index (κ2) is 5.16. The Morgan fingerprint density at radius 1 is 1.00 bits per heavy atom. The van der Waals surface area contributed by atoms with Crippen LogP contribution in [0.5, 0.6) is 23.0 Å². The average molecular weight is 278 g/mol. The molecule has 0 atom stereocenters. The summed E-state index contributed by atoms with van der Waals surface area (Å²) in [6.45, 7) is 0. The highest BCUT2D eigenvalue weighted by molar-refractivity contribution is 6.08. The van der Waals surface area contributed by atoms with Crippen molar-refractivity contribution in [2.24, 2.45) is 0 Å². The van der Waals surface area contributed by atoms with Gasteiger partial charge < -0.3 is 24.4 Å². The van der Waals surface area contributed by atoms with Gasteiger partial charge in [-0.15, -0.1) is 0 Å². The van der Waals surface area contributed by atoms with E-state index in [1.807, 2.05) is 0 Å². The van der Waals surface area contributed by atoms with Crippen molar-refractivity contribution in [3.05, 3.63) is 23.8 Å². The number of benzene rings is 2. The van der Waals surface area contributed by atoms with E-state index in [4.69, 9.17) is 9.47 Å². The van der Waals surface area contributed by atoms with Crippen molar-refractivity contribution in [1.82, 2.24) is 0 Å². The van der Waals surface area contributed by atoms with Crippen LogP contribution in [0.15, 0.2) is 18.2 Å². The summed E-state index contributed by atoms with van der Waals surface area (Å²) >= 11 is 0. The van der Waals surface area contributed by atoms with E-state index in [0.717, 1.165) is 6.07 Å². The number of fused-ring (bicyclic) bond motifs is 1. The second-order valence-corrected chi connectivity index (χ2v) is 4.00. The van der Waals surface area contributed by atoms with E-state index >= 15 is 0 Å². The monoisotopic (exact) mass is 278 g/mol. The van der Waals surface area contributed by atoms with Gasteiger partial charge in [-0.3, -0.25) is 0 Å². The van der Waals surface area contributed by atoms with Crippen LogP contribution in [0.25, 0.3) is 10.8 Å². The summed E-state index contributed by atoms with van der Waals surface area (Å²) in [7, 11) is 4.04. The van der Waals surface area contributed by atoms with Crippen molar-refractivity contribution < 1.29 is 29.2 Å². The number of phenolic OH excluding ortho intramolecular Hbond substituents is 2. The first-order valence-corrected chi connectivity index (χ1v) is 5.73. The molecule has 0 bridgehead atoms. The number of ether oxygens (including phenoxy) is 3. The van der Waals surface area contributed by atoms with Crippen LogP contribution in [0.4, 0.5) is 0 Å². The Bertz CT molecular complexity index is 677. The molecule has 0 aliphatic carbocycles. The molecule has 6 heteroatoms. The van der Waals surface area contributed by atoms with Gasteiger partial charge in [0.15, 0.2) is 0 Å². The number of esters is 1. The Hall–Kier alpha value is -2.63. The molecular formula is C14H14O6. The second-order valence-electron chi connectivity index (χ2n) is 4.00. The summed E-state index contributed by atoms with van der Waals surface area (Å²) in [4.78, 5) is 11.6. The SMILES string of the molecule is COC(=O)c1cc(O)c2c(OC)ccc(OC)c2c1O. The number of rotatable bonds is 3. The minimum atomic E-state index is -0.760. The summed E-state index contributed by atoms with van der Waals surface area (Å²) in [5.41, 5.74) is -0.149. The van der Waals surface area contributed by atoms with Crippen molar-refractivity contribution >= 4 is 16.7 Å². The highest BCUT2D eigenvalue weighted by Crippen LogP contribution is 2.45. The Balaban J connectivity index is 2.94. The zero-order chi connectivity index (χ0) is 14.9. The predicted octanol–water partition coefficient (Wildman–Crippen LogP) is 2.05. The van der Waals surface area contributed by atoms with E-state index in [0.29, 0.717) is 11.5 Å². The number of carbonyl (C=O) groups excluding carboxylic acids is 1. The van der Waals surface area contributed by atoms with Gasteiger partial charge in [0.25, 0.3) is 0 Å². The topological polar surface area (TPSA) is 85.2 Å². The lowest BCUT2D eigenvalue weighted by Crippen LogP contribution is -2.02. The highest BCUT2D eigenvalue weighted by Gasteiger charge is 2.22. The Labute approximate surface area is 115 Å².